The smallest absolute Gasteiger partial charge is 0.400 e. The van der Waals surface area contributed by atoms with Crippen LogP contribution in [0.2, 0.25) is 0 Å². The predicted octanol–water partition coefficient (Wildman–Crippen LogP) is 3.01. The van der Waals surface area contributed by atoms with E-state index in [0.717, 1.165) is 12.1 Å². The molecular formula is C17H22BF2NO3. The van der Waals surface area contributed by atoms with Gasteiger partial charge in [0, 0.05) is 6.54 Å². The largest absolute Gasteiger partial charge is 0.491 e. The molecule has 0 radical (unpaired) electrons. The molecule has 1 aromatic carbocycles. The highest BCUT2D eigenvalue weighted by molar-refractivity contribution is 6.55. The molecule has 2 rings (SSSR count). The molecule has 1 saturated heterocycles. The summed E-state index contributed by atoms with van der Waals surface area (Å²) >= 11 is 0. The molecule has 0 unspecified atom stereocenters. The number of hydrogen-bond donors (Lipinski definition) is 1. The number of likely N-dealkylation sites (N-methyl/N-ethyl adjacent to an activating group) is 1. The molecule has 1 N–H and O–H groups in total. The molecule has 4 nitrogen and oxygen atoms in total. The summed E-state index contributed by atoms with van der Waals surface area (Å²) in [5.41, 5.74) is -0.590. The van der Waals surface area contributed by atoms with Crippen molar-refractivity contribution in [3.63, 3.8) is 0 Å². The number of hydrogen-bond acceptors (Lipinski definition) is 4. The van der Waals surface area contributed by atoms with Gasteiger partial charge in [0.1, 0.15) is 11.6 Å². The van der Waals surface area contributed by atoms with Crippen molar-refractivity contribution in [3.05, 3.63) is 40.4 Å². The van der Waals surface area contributed by atoms with Crippen molar-refractivity contribution in [2.24, 2.45) is 0 Å². The van der Waals surface area contributed by atoms with E-state index in [1.807, 2.05) is 27.7 Å². The lowest BCUT2D eigenvalue weighted by Crippen LogP contribution is -2.41. The first kappa shape index (κ1) is 18.8. The van der Waals surface area contributed by atoms with Gasteiger partial charge in [0.05, 0.1) is 16.8 Å². The molecule has 1 fully saturated rings. The van der Waals surface area contributed by atoms with Crippen LogP contribution in [0.1, 0.15) is 43.6 Å². The van der Waals surface area contributed by atoms with Crippen molar-refractivity contribution < 1.29 is 22.9 Å². The third-order valence-corrected chi connectivity index (χ3v) is 4.51. The van der Waals surface area contributed by atoms with Gasteiger partial charge in [-0.15, -0.1) is 0 Å². The molecule has 0 aromatic heterocycles. The van der Waals surface area contributed by atoms with Gasteiger partial charge < -0.3 is 14.6 Å². The number of nitrogens with one attached hydrogen (secondary N) is 1. The van der Waals surface area contributed by atoms with E-state index in [-0.39, 0.29) is 6.29 Å². The monoisotopic (exact) mass is 337 g/mol. The number of carbonyl (C=O) groups is 1. The quantitative estimate of drug-likeness (QED) is 0.663. The molecular weight excluding hydrogens is 315 g/mol. The van der Waals surface area contributed by atoms with Crippen molar-refractivity contribution in [2.75, 3.05) is 13.6 Å². The molecule has 24 heavy (non-hydrogen) atoms. The van der Waals surface area contributed by atoms with Crippen LogP contribution in [-0.2, 0) is 9.31 Å². The van der Waals surface area contributed by atoms with Crippen molar-refractivity contribution in [1.82, 2.24) is 5.32 Å². The summed E-state index contributed by atoms with van der Waals surface area (Å²) in [6, 6.07) is 2.24. The summed E-state index contributed by atoms with van der Waals surface area (Å²) < 4.78 is 39.5. The van der Waals surface area contributed by atoms with Crippen molar-refractivity contribution >= 4 is 19.5 Å². The van der Waals surface area contributed by atoms with E-state index < -0.39 is 35.5 Å². The van der Waals surface area contributed by atoms with E-state index in [1.54, 1.807) is 13.1 Å². The molecule has 0 aliphatic carbocycles. The van der Waals surface area contributed by atoms with Crippen LogP contribution in [0.4, 0.5) is 8.78 Å². The molecule has 1 aromatic rings. The Morgan fingerprint density at radius 1 is 1.17 bits per heavy atom. The average molecular weight is 337 g/mol. The van der Waals surface area contributed by atoms with Gasteiger partial charge in [-0.25, -0.2) is 8.78 Å². The Morgan fingerprint density at radius 2 is 1.67 bits per heavy atom. The van der Waals surface area contributed by atoms with E-state index in [1.165, 1.54) is 0 Å². The SMILES string of the molecule is CNCC(=Cc1cc(F)c(C=O)c(F)c1)B1OC(C)(C)C(C)(C)O1. The third-order valence-electron chi connectivity index (χ3n) is 4.51. The second kappa shape index (κ2) is 6.74. The van der Waals surface area contributed by atoms with E-state index in [9.17, 15) is 13.6 Å². The number of benzene rings is 1. The predicted molar refractivity (Wildman–Crippen MR) is 89.7 cm³/mol. The molecule has 0 saturated carbocycles. The van der Waals surface area contributed by atoms with Crippen LogP contribution >= 0.6 is 0 Å². The van der Waals surface area contributed by atoms with Crippen LogP contribution in [0, 0.1) is 11.6 Å². The number of aldehydes is 1. The van der Waals surface area contributed by atoms with Gasteiger partial charge in [-0.3, -0.25) is 4.79 Å². The highest BCUT2D eigenvalue weighted by atomic mass is 19.1. The molecule has 1 aliphatic heterocycles. The first-order valence-electron chi connectivity index (χ1n) is 7.76. The molecule has 130 valence electrons. The van der Waals surface area contributed by atoms with Gasteiger partial charge in [-0.2, -0.15) is 0 Å². The van der Waals surface area contributed by atoms with E-state index >= 15 is 0 Å². The summed E-state index contributed by atoms with van der Waals surface area (Å²) in [5.74, 6) is -1.79. The van der Waals surface area contributed by atoms with Crippen LogP contribution in [0.25, 0.3) is 6.08 Å². The third kappa shape index (κ3) is 3.58. The van der Waals surface area contributed by atoms with Gasteiger partial charge in [0.15, 0.2) is 6.29 Å². The van der Waals surface area contributed by atoms with E-state index in [2.05, 4.69) is 5.32 Å². The zero-order valence-corrected chi connectivity index (χ0v) is 14.6. The minimum Gasteiger partial charge on any atom is -0.400 e. The van der Waals surface area contributed by atoms with E-state index in [4.69, 9.17) is 9.31 Å². The van der Waals surface area contributed by atoms with E-state index in [0.29, 0.717) is 17.6 Å². The van der Waals surface area contributed by atoms with Gasteiger partial charge >= 0.3 is 7.12 Å². The molecule has 7 heteroatoms. The summed E-state index contributed by atoms with van der Waals surface area (Å²) in [4.78, 5) is 10.7. The Kier molecular flexibility index (Phi) is 5.27. The van der Waals surface area contributed by atoms with Crippen molar-refractivity contribution in [2.45, 2.75) is 38.9 Å². The normalized spacial score (nSPS) is 19.6. The van der Waals surface area contributed by atoms with Gasteiger partial charge in [-0.05, 0) is 57.9 Å². The number of rotatable bonds is 5. The maximum absolute atomic E-state index is 13.8. The maximum atomic E-state index is 13.8. The summed E-state index contributed by atoms with van der Waals surface area (Å²) in [5, 5.41) is 3.00. The highest BCUT2D eigenvalue weighted by Crippen LogP contribution is 2.38. The Balaban J connectivity index is 2.38. The van der Waals surface area contributed by atoms with Gasteiger partial charge in [-0.1, -0.05) is 6.08 Å². The number of halogens is 2. The molecule has 1 heterocycles. The van der Waals surface area contributed by atoms with Gasteiger partial charge in [0.25, 0.3) is 0 Å². The van der Waals surface area contributed by atoms with Crippen molar-refractivity contribution in [3.8, 4) is 0 Å². The fraction of sp³-hybridized carbons (Fsp3) is 0.471. The van der Waals surface area contributed by atoms with Crippen LogP contribution in [0.3, 0.4) is 0 Å². The first-order valence-corrected chi connectivity index (χ1v) is 7.76. The molecule has 0 atom stereocenters. The Bertz CT molecular complexity index is 635. The topological polar surface area (TPSA) is 47.6 Å². The average Bonchev–Trinajstić information content (AvgIpc) is 2.66. The van der Waals surface area contributed by atoms with Crippen LogP contribution in [0.5, 0.6) is 0 Å². The Hall–Kier alpha value is -1.57. The fourth-order valence-electron chi connectivity index (χ4n) is 2.41. The zero-order chi connectivity index (χ0) is 18.1. The van der Waals surface area contributed by atoms with Crippen LogP contribution < -0.4 is 5.32 Å². The maximum Gasteiger partial charge on any atom is 0.491 e. The molecule has 0 bridgehead atoms. The summed E-state index contributed by atoms with van der Waals surface area (Å²) in [6.07, 6.45) is 1.78. The highest BCUT2D eigenvalue weighted by Gasteiger charge is 2.52. The Morgan fingerprint density at radius 3 is 2.08 bits per heavy atom. The zero-order valence-electron chi connectivity index (χ0n) is 14.6. The summed E-state index contributed by atoms with van der Waals surface area (Å²) in [6.45, 7) is 8.16. The first-order chi connectivity index (χ1) is 11.1. The molecule has 0 amide bonds. The second-order valence-corrected chi connectivity index (χ2v) is 6.85. The lowest BCUT2D eigenvalue weighted by atomic mass is 9.77. The lowest BCUT2D eigenvalue weighted by Gasteiger charge is -2.32. The molecule has 1 aliphatic rings. The van der Waals surface area contributed by atoms with Gasteiger partial charge in [0.2, 0.25) is 0 Å². The van der Waals surface area contributed by atoms with Crippen LogP contribution in [0.15, 0.2) is 17.6 Å². The van der Waals surface area contributed by atoms with Crippen molar-refractivity contribution in [1.29, 1.82) is 0 Å². The minimum atomic E-state index is -0.894. The fourth-order valence-corrected chi connectivity index (χ4v) is 2.41. The summed E-state index contributed by atoms with van der Waals surface area (Å²) in [7, 11) is 1.13. The Labute approximate surface area is 141 Å². The number of carbonyl (C=O) groups excluding carboxylic acids is 1. The molecule has 0 spiro atoms. The minimum absolute atomic E-state index is 0.168. The lowest BCUT2D eigenvalue weighted by molar-refractivity contribution is 0.00578. The second-order valence-electron chi connectivity index (χ2n) is 6.85. The van der Waals surface area contributed by atoms with Crippen LogP contribution in [-0.4, -0.2) is 38.2 Å². The standard InChI is InChI=1S/C17H22BF2NO3/c1-16(2)17(3,4)24-18(23-16)12(9-21-5)6-11-7-14(19)13(10-22)15(20)8-11/h6-8,10,21H,9H2,1-5H3.